The maximum atomic E-state index is 11.3. The third-order valence-electron chi connectivity index (χ3n) is 4.23. The van der Waals surface area contributed by atoms with Gasteiger partial charge in [0.25, 0.3) is 0 Å². The van der Waals surface area contributed by atoms with Crippen LogP contribution in [0, 0.1) is 0 Å². The summed E-state index contributed by atoms with van der Waals surface area (Å²) in [6, 6.07) is 5.99. The second-order valence-corrected chi connectivity index (χ2v) is 5.62. The van der Waals surface area contributed by atoms with Gasteiger partial charge in [-0.2, -0.15) is 0 Å². The summed E-state index contributed by atoms with van der Waals surface area (Å²) in [5.41, 5.74) is 1.25. The van der Waals surface area contributed by atoms with Crippen molar-refractivity contribution in [3.63, 3.8) is 0 Å². The molecule has 2 rings (SSSR count). The molecule has 0 spiro atoms. The fourth-order valence-corrected chi connectivity index (χ4v) is 2.87. The van der Waals surface area contributed by atoms with Crippen LogP contribution in [0.25, 0.3) is 0 Å². The lowest BCUT2D eigenvalue weighted by Gasteiger charge is -2.39. The minimum Gasteiger partial charge on any atom is -0.496 e. The summed E-state index contributed by atoms with van der Waals surface area (Å²) in [6.07, 6.45) is 1.13. The van der Waals surface area contributed by atoms with Gasteiger partial charge in [0.2, 0.25) is 0 Å². The van der Waals surface area contributed by atoms with Crippen molar-refractivity contribution < 1.29 is 14.6 Å². The second-order valence-electron chi connectivity index (χ2n) is 5.62. The molecule has 5 nitrogen and oxygen atoms in total. The highest BCUT2D eigenvalue weighted by Gasteiger charge is 2.23. The van der Waals surface area contributed by atoms with Crippen molar-refractivity contribution in [3.8, 4) is 5.75 Å². The van der Waals surface area contributed by atoms with Crippen LogP contribution < -0.4 is 4.74 Å². The number of hydrogen-bond donors (Lipinski definition) is 1. The van der Waals surface area contributed by atoms with Gasteiger partial charge in [0.15, 0.2) is 0 Å². The van der Waals surface area contributed by atoms with E-state index in [1.165, 1.54) is 7.11 Å². The smallest absolute Gasteiger partial charge is 0.339 e. The van der Waals surface area contributed by atoms with Gasteiger partial charge in [-0.05, 0) is 31.2 Å². The summed E-state index contributed by atoms with van der Waals surface area (Å²) in [5, 5.41) is 9.24. The standard InChI is InChI=1S/C16H24N2O3/c1-4-13-11-18(8-7-17(13)2)10-12-5-6-15(21-3)14(9-12)16(19)20/h5-6,9,13H,4,7-8,10-11H2,1-3H3,(H,19,20). The van der Waals surface area contributed by atoms with Crippen molar-refractivity contribution in [2.75, 3.05) is 33.8 Å². The first-order valence-corrected chi connectivity index (χ1v) is 7.38. The zero-order valence-corrected chi connectivity index (χ0v) is 13.0. The Morgan fingerprint density at radius 1 is 1.43 bits per heavy atom. The monoisotopic (exact) mass is 292 g/mol. The van der Waals surface area contributed by atoms with Crippen LogP contribution in [0.15, 0.2) is 18.2 Å². The molecule has 0 saturated carbocycles. The number of hydrogen-bond acceptors (Lipinski definition) is 4. The van der Waals surface area contributed by atoms with E-state index in [9.17, 15) is 9.90 Å². The van der Waals surface area contributed by atoms with Gasteiger partial charge in [-0.25, -0.2) is 4.79 Å². The topological polar surface area (TPSA) is 53.0 Å². The zero-order valence-electron chi connectivity index (χ0n) is 13.0. The van der Waals surface area contributed by atoms with E-state index in [-0.39, 0.29) is 5.56 Å². The maximum Gasteiger partial charge on any atom is 0.339 e. The van der Waals surface area contributed by atoms with E-state index >= 15 is 0 Å². The fraction of sp³-hybridized carbons (Fsp3) is 0.562. The van der Waals surface area contributed by atoms with Crippen LogP contribution in [0.4, 0.5) is 0 Å². The van der Waals surface area contributed by atoms with Crippen molar-refractivity contribution in [1.29, 1.82) is 0 Å². The number of aromatic carboxylic acids is 1. The molecule has 1 fully saturated rings. The minimum absolute atomic E-state index is 0.233. The third kappa shape index (κ3) is 3.74. The lowest BCUT2D eigenvalue weighted by Crippen LogP contribution is -2.50. The molecule has 0 bridgehead atoms. The Morgan fingerprint density at radius 3 is 2.81 bits per heavy atom. The Hall–Kier alpha value is -1.59. The van der Waals surface area contributed by atoms with Crippen LogP contribution in [0.1, 0.15) is 29.3 Å². The maximum absolute atomic E-state index is 11.3. The van der Waals surface area contributed by atoms with Gasteiger partial charge in [-0.3, -0.25) is 4.90 Å². The normalized spacial score (nSPS) is 20.4. The van der Waals surface area contributed by atoms with E-state index in [1.807, 2.05) is 6.07 Å². The van der Waals surface area contributed by atoms with Crippen molar-refractivity contribution in [2.45, 2.75) is 25.9 Å². The average molecular weight is 292 g/mol. The Morgan fingerprint density at radius 2 is 2.19 bits per heavy atom. The number of carboxylic acid groups (broad SMARTS) is 1. The number of benzene rings is 1. The first-order valence-electron chi connectivity index (χ1n) is 7.38. The Labute approximate surface area is 126 Å². The minimum atomic E-state index is -0.946. The summed E-state index contributed by atoms with van der Waals surface area (Å²) in [6.45, 7) is 6.10. The summed E-state index contributed by atoms with van der Waals surface area (Å²) < 4.78 is 5.10. The van der Waals surface area contributed by atoms with Gasteiger partial charge >= 0.3 is 5.97 Å². The molecule has 1 heterocycles. The molecule has 1 saturated heterocycles. The summed E-state index contributed by atoms with van der Waals surface area (Å²) >= 11 is 0. The molecule has 0 radical (unpaired) electrons. The van der Waals surface area contributed by atoms with Gasteiger partial charge in [-0.1, -0.05) is 13.0 Å². The van der Waals surface area contributed by atoms with Gasteiger partial charge in [-0.15, -0.1) is 0 Å². The van der Waals surface area contributed by atoms with E-state index in [0.717, 1.165) is 38.2 Å². The Balaban J connectivity index is 2.09. The highest BCUT2D eigenvalue weighted by molar-refractivity contribution is 5.91. The average Bonchev–Trinajstić information content (AvgIpc) is 2.49. The predicted molar refractivity (Wildman–Crippen MR) is 81.9 cm³/mol. The Kier molecular flexibility index (Phi) is 5.20. The summed E-state index contributed by atoms with van der Waals surface area (Å²) in [4.78, 5) is 16.1. The van der Waals surface area contributed by atoms with Gasteiger partial charge in [0.1, 0.15) is 11.3 Å². The molecule has 5 heteroatoms. The number of rotatable bonds is 5. The molecule has 21 heavy (non-hydrogen) atoms. The first-order chi connectivity index (χ1) is 10.0. The quantitative estimate of drug-likeness (QED) is 0.898. The molecule has 1 unspecified atom stereocenters. The summed E-state index contributed by atoms with van der Waals surface area (Å²) in [7, 11) is 3.66. The number of piperazine rings is 1. The molecular formula is C16H24N2O3. The molecule has 0 amide bonds. The van der Waals surface area contributed by atoms with E-state index in [1.54, 1.807) is 12.1 Å². The van der Waals surface area contributed by atoms with Crippen LogP contribution in [-0.4, -0.2) is 60.7 Å². The van der Waals surface area contributed by atoms with Crippen LogP contribution in [0.3, 0.4) is 0 Å². The van der Waals surface area contributed by atoms with Crippen molar-refractivity contribution in [3.05, 3.63) is 29.3 Å². The molecule has 1 aliphatic rings. The zero-order chi connectivity index (χ0) is 15.4. The highest BCUT2D eigenvalue weighted by atomic mass is 16.5. The molecule has 0 aliphatic carbocycles. The third-order valence-corrected chi connectivity index (χ3v) is 4.23. The van der Waals surface area contributed by atoms with Crippen LogP contribution in [-0.2, 0) is 6.54 Å². The number of likely N-dealkylation sites (N-methyl/N-ethyl adjacent to an activating group) is 1. The van der Waals surface area contributed by atoms with Crippen molar-refractivity contribution >= 4 is 5.97 Å². The molecule has 1 aromatic rings. The second kappa shape index (κ2) is 6.91. The lowest BCUT2D eigenvalue weighted by atomic mass is 10.1. The van der Waals surface area contributed by atoms with E-state index in [4.69, 9.17) is 4.74 Å². The molecule has 1 aliphatic heterocycles. The number of carboxylic acids is 1. The molecule has 1 N–H and O–H groups in total. The molecule has 0 aromatic heterocycles. The predicted octanol–water partition coefficient (Wildman–Crippen LogP) is 1.92. The van der Waals surface area contributed by atoms with Crippen LogP contribution >= 0.6 is 0 Å². The van der Waals surface area contributed by atoms with Gasteiger partial charge < -0.3 is 14.7 Å². The van der Waals surface area contributed by atoms with E-state index in [0.29, 0.717) is 11.8 Å². The number of ether oxygens (including phenoxy) is 1. The SMILES string of the molecule is CCC1CN(Cc2ccc(OC)c(C(=O)O)c2)CCN1C. The molecule has 1 aromatic carbocycles. The molecule has 116 valence electrons. The molecular weight excluding hydrogens is 268 g/mol. The van der Waals surface area contributed by atoms with Crippen molar-refractivity contribution in [2.24, 2.45) is 0 Å². The lowest BCUT2D eigenvalue weighted by molar-refractivity contribution is 0.0692. The largest absolute Gasteiger partial charge is 0.496 e. The first kappa shape index (κ1) is 15.8. The van der Waals surface area contributed by atoms with E-state index in [2.05, 4.69) is 23.8 Å². The number of nitrogens with zero attached hydrogens (tertiary/aromatic N) is 2. The van der Waals surface area contributed by atoms with Crippen LogP contribution in [0.5, 0.6) is 5.75 Å². The van der Waals surface area contributed by atoms with Gasteiger partial charge in [0.05, 0.1) is 7.11 Å². The van der Waals surface area contributed by atoms with Crippen LogP contribution in [0.2, 0.25) is 0 Å². The highest BCUT2D eigenvalue weighted by Crippen LogP contribution is 2.21. The van der Waals surface area contributed by atoms with E-state index < -0.39 is 5.97 Å². The molecule has 1 atom stereocenters. The number of methoxy groups -OCH3 is 1. The van der Waals surface area contributed by atoms with Crippen molar-refractivity contribution in [1.82, 2.24) is 9.80 Å². The number of carbonyl (C=O) groups is 1. The summed E-state index contributed by atoms with van der Waals surface area (Å²) in [5.74, 6) is -0.533. The fourth-order valence-electron chi connectivity index (χ4n) is 2.87. The Bertz CT molecular complexity index is 504. The van der Waals surface area contributed by atoms with Gasteiger partial charge in [0, 0.05) is 32.2 Å².